The summed E-state index contributed by atoms with van der Waals surface area (Å²) in [6.45, 7) is 3.17. The van der Waals surface area contributed by atoms with Gasteiger partial charge in [0.2, 0.25) is 0 Å². The Morgan fingerprint density at radius 3 is 2.84 bits per heavy atom. The van der Waals surface area contributed by atoms with Crippen molar-refractivity contribution in [3.05, 3.63) is 19.2 Å². The maximum absolute atomic E-state index is 11.9. The molecule has 106 valence electrons. The van der Waals surface area contributed by atoms with Crippen LogP contribution in [0, 0.1) is 0 Å². The molecular formula is C12H16Br2N2O2S. The number of hydrogen-bond donors (Lipinski definition) is 2. The highest BCUT2D eigenvalue weighted by molar-refractivity contribution is 9.13. The molecule has 0 aromatic carbocycles. The van der Waals surface area contributed by atoms with Gasteiger partial charge < -0.3 is 15.4 Å². The highest BCUT2D eigenvalue weighted by atomic mass is 79.9. The summed E-state index contributed by atoms with van der Waals surface area (Å²) in [6, 6.07) is 1.82. The maximum Gasteiger partial charge on any atom is 0.261 e. The number of carbonyl (C=O) groups is 1. The number of rotatable bonds is 5. The molecule has 4 nitrogen and oxygen atoms in total. The van der Waals surface area contributed by atoms with Gasteiger partial charge in [0.15, 0.2) is 0 Å². The second kappa shape index (κ2) is 7.73. The van der Waals surface area contributed by atoms with Crippen LogP contribution < -0.4 is 10.6 Å². The Kier molecular flexibility index (Phi) is 6.28. The highest BCUT2D eigenvalue weighted by Crippen LogP contribution is 2.32. The molecule has 1 aliphatic heterocycles. The van der Waals surface area contributed by atoms with Gasteiger partial charge in [-0.2, -0.15) is 0 Å². The SMILES string of the molecule is O=C(NCCOC1CCNCC1)c1cc(Br)c(Br)s1. The summed E-state index contributed by atoms with van der Waals surface area (Å²) in [5, 5.41) is 6.16. The van der Waals surface area contributed by atoms with Crippen LogP contribution in [0.3, 0.4) is 0 Å². The van der Waals surface area contributed by atoms with Gasteiger partial charge in [0.25, 0.3) is 5.91 Å². The fourth-order valence-electron chi connectivity index (χ4n) is 1.90. The van der Waals surface area contributed by atoms with Crippen LogP contribution in [0.25, 0.3) is 0 Å². The Morgan fingerprint density at radius 2 is 2.21 bits per heavy atom. The summed E-state index contributed by atoms with van der Waals surface area (Å²) in [5.41, 5.74) is 0. The van der Waals surface area contributed by atoms with Crippen molar-refractivity contribution in [2.75, 3.05) is 26.2 Å². The lowest BCUT2D eigenvalue weighted by Crippen LogP contribution is -2.34. The Hall–Kier alpha value is 0.0500. The van der Waals surface area contributed by atoms with E-state index in [1.54, 1.807) is 0 Å². The lowest BCUT2D eigenvalue weighted by molar-refractivity contribution is 0.0343. The third kappa shape index (κ3) is 4.82. The van der Waals surface area contributed by atoms with Gasteiger partial charge in [-0.15, -0.1) is 11.3 Å². The van der Waals surface area contributed by atoms with E-state index in [9.17, 15) is 4.79 Å². The summed E-state index contributed by atoms with van der Waals surface area (Å²) in [7, 11) is 0. The monoisotopic (exact) mass is 410 g/mol. The minimum Gasteiger partial charge on any atom is -0.376 e. The molecule has 0 spiro atoms. The molecule has 0 aliphatic carbocycles. The molecule has 0 radical (unpaired) electrons. The Labute approximate surface area is 133 Å². The summed E-state index contributed by atoms with van der Waals surface area (Å²) < 4.78 is 7.57. The molecule has 0 unspecified atom stereocenters. The molecule has 1 saturated heterocycles. The number of thiophene rings is 1. The first-order valence-electron chi connectivity index (χ1n) is 6.22. The van der Waals surface area contributed by atoms with Crippen LogP contribution in [0.5, 0.6) is 0 Å². The quantitative estimate of drug-likeness (QED) is 0.732. The van der Waals surface area contributed by atoms with Gasteiger partial charge in [0, 0.05) is 11.0 Å². The Balaban J connectivity index is 1.66. The predicted molar refractivity (Wildman–Crippen MR) is 83.9 cm³/mol. The third-order valence-electron chi connectivity index (χ3n) is 2.90. The smallest absolute Gasteiger partial charge is 0.261 e. The van der Waals surface area contributed by atoms with E-state index in [2.05, 4.69) is 42.5 Å². The van der Waals surface area contributed by atoms with Crippen molar-refractivity contribution in [2.45, 2.75) is 18.9 Å². The van der Waals surface area contributed by atoms with Crippen LogP contribution in [0.15, 0.2) is 14.3 Å². The van der Waals surface area contributed by atoms with Crippen molar-refractivity contribution in [2.24, 2.45) is 0 Å². The molecule has 2 heterocycles. The largest absolute Gasteiger partial charge is 0.376 e. The number of amides is 1. The molecular weight excluding hydrogens is 396 g/mol. The molecule has 0 bridgehead atoms. The van der Waals surface area contributed by atoms with Gasteiger partial charge in [-0.1, -0.05) is 0 Å². The van der Waals surface area contributed by atoms with E-state index in [1.165, 1.54) is 11.3 Å². The zero-order valence-electron chi connectivity index (χ0n) is 10.4. The molecule has 1 aromatic heterocycles. The Morgan fingerprint density at radius 1 is 1.47 bits per heavy atom. The number of ether oxygens (including phenoxy) is 1. The number of nitrogens with one attached hydrogen (secondary N) is 2. The minimum absolute atomic E-state index is 0.0506. The van der Waals surface area contributed by atoms with Crippen LogP contribution in [-0.2, 0) is 4.74 Å². The first-order valence-corrected chi connectivity index (χ1v) is 8.62. The van der Waals surface area contributed by atoms with E-state index in [-0.39, 0.29) is 5.91 Å². The molecule has 1 aliphatic rings. The van der Waals surface area contributed by atoms with E-state index in [0.29, 0.717) is 24.1 Å². The number of carbonyl (C=O) groups excluding carboxylic acids is 1. The fourth-order valence-corrected chi connectivity index (χ4v) is 3.85. The Bertz CT molecular complexity index is 414. The van der Waals surface area contributed by atoms with Gasteiger partial charge in [-0.3, -0.25) is 4.79 Å². The fraction of sp³-hybridized carbons (Fsp3) is 0.583. The molecule has 2 N–H and O–H groups in total. The van der Waals surface area contributed by atoms with Crippen molar-refractivity contribution in [3.63, 3.8) is 0 Å². The van der Waals surface area contributed by atoms with Crippen molar-refractivity contribution in [3.8, 4) is 0 Å². The number of hydrogen-bond acceptors (Lipinski definition) is 4. The van der Waals surface area contributed by atoms with E-state index >= 15 is 0 Å². The van der Waals surface area contributed by atoms with Gasteiger partial charge in [0.05, 0.1) is 21.4 Å². The first-order chi connectivity index (χ1) is 9.16. The van der Waals surface area contributed by atoms with Crippen molar-refractivity contribution >= 4 is 49.1 Å². The summed E-state index contributed by atoms with van der Waals surface area (Å²) in [6.07, 6.45) is 2.44. The standard InChI is InChI=1S/C12H16Br2N2O2S/c13-9-7-10(19-11(9)14)12(17)16-5-6-18-8-1-3-15-4-2-8/h7-8,15H,1-6H2,(H,16,17). The van der Waals surface area contributed by atoms with Crippen molar-refractivity contribution in [1.82, 2.24) is 10.6 Å². The number of halogens is 2. The molecule has 7 heteroatoms. The lowest BCUT2D eigenvalue weighted by atomic mass is 10.1. The maximum atomic E-state index is 11.9. The highest BCUT2D eigenvalue weighted by Gasteiger charge is 2.14. The van der Waals surface area contributed by atoms with E-state index in [1.807, 2.05) is 6.07 Å². The van der Waals surface area contributed by atoms with Crippen LogP contribution >= 0.6 is 43.2 Å². The lowest BCUT2D eigenvalue weighted by Gasteiger charge is -2.22. The topological polar surface area (TPSA) is 50.4 Å². The zero-order chi connectivity index (χ0) is 13.7. The zero-order valence-corrected chi connectivity index (χ0v) is 14.4. The summed E-state index contributed by atoms with van der Waals surface area (Å²) >= 11 is 8.17. The van der Waals surface area contributed by atoms with Crippen LogP contribution in [0.2, 0.25) is 0 Å². The van der Waals surface area contributed by atoms with Gasteiger partial charge in [-0.05, 0) is 63.9 Å². The molecule has 0 saturated carbocycles. The third-order valence-corrected chi connectivity index (χ3v) is 6.15. The van der Waals surface area contributed by atoms with Crippen LogP contribution in [0.4, 0.5) is 0 Å². The summed E-state index contributed by atoms with van der Waals surface area (Å²) in [4.78, 5) is 12.5. The molecule has 2 rings (SSSR count). The second-order valence-corrected chi connectivity index (χ2v) is 7.53. The average Bonchev–Trinajstić information content (AvgIpc) is 2.76. The molecule has 1 aromatic rings. The number of piperidine rings is 1. The van der Waals surface area contributed by atoms with Gasteiger partial charge in [0.1, 0.15) is 0 Å². The van der Waals surface area contributed by atoms with Crippen LogP contribution in [0.1, 0.15) is 22.5 Å². The summed E-state index contributed by atoms with van der Waals surface area (Å²) in [5.74, 6) is -0.0506. The van der Waals surface area contributed by atoms with Gasteiger partial charge in [-0.25, -0.2) is 0 Å². The molecule has 1 fully saturated rings. The predicted octanol–water partition coefficient (Wildman–Crippen LogP) is 2.77. The van der Waals surface area contributed by atoms with E-state index < -0.39 is 0 Å². The first kappa shape index (κ1) is 15.4. The molecule has 0 atom stereocenters. The molecule has 19 heavy (non-hydrogen) atoms. The van der Waals surface area contributed by atoms with Gasteiger partial charge >= 0.3 is 0 Å². The van der Waals surface area contributed by atoms with E-state index in [0.717, 1.165) is 34.2 Å². The second-order valence-electron chi connectivity index (χ2n) is 4.31. The average molecular weight is 412 g/mol. The van der Waals surface area contributed by atoms with Crippen LogP contribution in [-0.4, -0.2) is 38.3 Å². The van der Waals surface area contributed by atoms with E-state index in [4.69, 9.17) is 4.74 Å². The van der Waals surface area contributed by atoms with Crippen molar-refractivity contribution < 1.29 is 9.53 Å². The van der Waals surface area contributed by atoms with Crippen molar-refractivity contribution in [1.29, 1.82) is 0 Å². The molecule has 1 amide bonds. The normalized spacial score (nSPS) is 16.5. The minimum atomic E-state index is -0.0506.